The fourth-order valence-corrected chi connectivity index (χ4v) is 3.97. The molecule has 0 radical (unpaired) electrons. The van der Waals surface area contributed by atoms with E-state index in [1.54, 1.807) is 18.2 Å². The van der Waals surface area contributed by atoms with Crippen LogP contribution in [0.5, 0.6) is 17.2 Å². The minimum atomic E-state index is -0.910. The Balaban J connectivity index is 1.80. The molecule has 4 aromatic carbocycles. The van der Waals surface area contributed by atoms with Gasteiger partial charge in [0.15, 0.2) is 0 Å². The van der Waals surface area contributed by atoms with Gasteiger partial charge >= 0.3 is 5.97 Å². The van der Waals surface area contributed by atoms with Crippen molar-refractivity contribution in [2.75, 3.05) is 0 Å². The number of aliphatic carboxylic acids is 1. The van der Waals surface area contributed by atoms with Crippen molar-refractivity contribution in [3.8, 4) is 28.4 Å². The van der Waals surface area contributed by atoms with E-state index in [4.69, 9.17) is 4.74 Å². The highest BCUT2D eigenvalue weighted by molar-refractivity contribution is 5.97. The molecule has 0 saturated heterocycles. The molecule has 0 aliphatic heterocycles. The largest absolute Gasteiger partial charge is 0.508 e. The number of aryl methyl sites for hydroxylation is 1. The van der Waals surface area contributed by atoms with Crippen molar-refractivity contribution in [1.82, 2.24) is 0 Å². The summed E-state index contributed by atoms with van der Waals surface area (Å²) in [6.45, 7) is 5.76. The summed E-state index contributed by atoms with van der Waals surface area (Å²) < 4.78 is 6.43. The van der Waals surface area contributed by atoms with E-state index in [1.165, 1.54) is 0 Å². The number of benzene rings is 4. The van der Waals surface area contributed by atoms with Crippen molar-refractivity contribution >= 4 is 22.8 Å². The lowest BCUT2D eigenvalue weighted by Crippen LogP contribution is -2.06. The fraction of sp³-hybridized carbons (Fsp3) is 0.138. The lowest BCUT2D eigenvalue weighted by molar-refractivity contribution is -0.133. The third-order valence-corrected chi connectivity index (χ3v) is 5.63. The predicted molar refractivity (Wildman–Crippen MR) is 133 cm³/mol. The number of hydrogen-bond acceptors (Lipinski definition) is 3. The van der Waals surface area contributed by atoms with Crippen LogP contribution in [-0.2, 0) is 4.79 Å². The first-order valence-electron chi connectivity index (χ1n) is 10.9. The van der Waals surface area contributed by atoms with Gasteiger partial charge < -0.3 is 14.9 Å². The zero-order valence-electron chi connectivity index (χ0n) is 18.9. The van der Waals surface area contributed by atoms with Crippen molar-refractivity contribution in [3.05, 3.63) is 95.6 Å². The molecule has 166 valence electrons. The number of phenols is 1. The van der Waals surface area contributed by atoms with Crippen LogP contribution in [0.25, 0.3) is 28.0 Å². The molecule has 33 heavy (non-hydrogen) atoms. The van der Waals surface area contributed by atoms with Crippen LogP contribution in [0.3, 0.4) is 0 Å². The summed E-state index contributed by atoms with van der Waals surface area (Å²) in [4.78, 5) is 11.5. The van der Waals surface area contributed by atoms with E-state index in [2.05, 4.69) is 18.2 Å². The lowest BCUT2D eigenvalue weighted by atomic mass is 9.94. The van der Waals surface area contributed by atoms with Crippen LogP contribution in [0.4, 0.5) is 0 Å². The van der Waals surface area contributed by atoms with Crippen LogP contribution in [0.15, 0.2) is 84.4 Å². The Labute approximate surface area is 193 Å². The van der Waals surface area contributed by atoms with Crippen molar-refractivity contribution in [2.45, 2.75) is 20.8 Å². The van der Waals surface area contributed by atoms with Gasteiger partial charge in [-0.3, -0.25) is 0 Å². The van der Waals surface area contributed by atoms with Gasteiger partial charge in [-0.2, -0.15) is 0 Å². The highest BCUT2D eigenvalue weighted by atomic mass is 16.5. The average molecular weight is 439 g/mol. The molecule has 0 saturated carbocycles. The monoisotopic (exact) mass is 438 g/mol. The molecule has 4 aromatic rings. The summed E-state index contributed by atoms with van der Waals surface area (Å²) >= 11 is 0. The number of ether oxygens (including phenoxy) is 1. The number of hydrogen-bond donors (Lipinski definition) is 2. The third-order valence-electron chi connectivity index (χ3n) is 5.63. The molecular formula is C29H26O4. The maximum atomic E-state index is 11.5. The Kier molecular flexibility index (Phi) is 6.18. The highest BCUT2D eigenvalue weighted by Crippen LogP contribution is 2.42. The maximum absolute atomic E-state index is 11.5. The second-order valence-corrected chi connectivity index (χ2v) is 8.40. The van der Waals surface area contributed by atoms with E-state index in [9.17, 15) is 15.0 Å². The zero-order chi connectivity index (χ0) is 23.5. The molecule has 0 aliphatic carbocycles. The van der Waals surface area contributed by atoms with Gasteiger partial charge in [0.1, 0.15) is 17.2 Å². The Morgan fingerprint density at radius 3 is 2.27 bits per heavy atom. The maximum Gasteiger partial charge on any atom is 0.331 e. The van der Waals surface area contributed by atoms with Gasteiger partial charge in [-0.15, -0.1) is 0 Å². The highest BCUT2D eigenvalue weighted by Gasteiger charge is 2.16. The summed E-state index contributed by atoms with van der Waals surface area (Å²) in [5.74, 6) is 0.573. The third kappa shape index (κ3) is 4.75. The van der Waals surface area contributed by atoms with E-state index < -0.39 is 5.97 Å². The van der Waals surface area contributed by atoms with Crippen LogP contribution in [0.1, 0.15) is 25.0 Å². The average Bonchev–Trinajstić information content (AvgIpc) is 2.78. The molecule has 0 aliphatic rings. The molecular weight excluding hydrogens is 412 g/mol. The molecule has 0 atom stereocenters. The van der Waals surface area contributed by atoms with E-state index in [0.29, 0.717) is 17.1 Å². The Morgan fingerprint density at radius 1 is 0.939 bits per heavy atom. The fourth-order valence-electron chi connectivity index (χ4n) is 3.97. The van der Waals surface area contributed by atoms with Gasteiger partial charge in [-0.25, -0.2) is 4.79 Å². The quantitative estimate of drug-likeness (QED) is 0.307. The van der Waals surface area contributed by atoms with Crippen molar-refractivity contribution in [3.63, 3.8) is 0 Å². The first-order chi connectivity index (χ1) is 15.8. The lowest BCUT2D eigenvalue weighted by Gasteiger charge is -2.17. The second-order valence-electron chi connectivity index (χ2n) is 8.40. The van der Waals surface area contributed by atoms with E-state index in [1.807, 2.05) is 69.3 Å². The van der Waals surface area contributed by atoms with E-state index >= 15 is 0 Å². The number of rotatable bonds is 6. The molecule has 4 heteroatoms. The molecule has 2 N–H and O–H groups in total. The summed E-state index contributed by atoms with van der Waals surface area (Å²) in [6, 6.07) is 24.8. The van der Waals surface area contributed by atoms with Crippen molar-refractivity contribution in [2.24, 2.45) is 5.92 Å². The standard InChI is InChI=1S/C29H26O4/c1-18(2)26(29(31)32)16-20-9-12-24(13-10-20)33-28-25-14-11-23(30)17-22(25)15-19(3)27(28)21-7-5-4-6-8-21/h4-18,30H,1-3H3,(H,31,32). The number of phenolic OH excluding ortho intramolecular Hbond substituents is 1. The van der Waals surface area contributed by atoms with Gasteiger partial charge in [-0.05, 0) is 71.3 Å². The number of fused-ring (bicyclic) bond motifs is 1. The normalized spacial score (nSPS) is 11.7. The Morgan fingerprint density at radius 2 is 1.64 bits per heavy atom. The van der Waals surface area contributed by atoms with Gasteiger partial charge in [0.2, 0.25) is 0 Å². The van der Waals surface area contributed by atoms with Gasteiger partial charge in [0.05, 0.1) is 0 Å². The van der Waals surface area contributed by atoms with E-state index in [-0.39, 0.29) is 11.7 Å². The molecule has 0 fully saturated rings. The number of aromatic hydroxyl groups is 1. The van der Waals surface area contributed by atoms with Crippen LogP contribution in [-0.4, -0.2) is 16.2 Å². The minimum Gasteiger partial charge on any atom is -0.508 e. The van der Waals surface area contributed by atoms with Gasteiger partial charge in [0.25, 0.3) is 0 Å². The molecule has 4 nitrogen and oxygen atoms in total. The smallest absolute Gasteiger partial charge is 0.331 e. The molecule has 0 spiro atoms. The zero-order valence-corrected chi connectivity index (χ0v) is 18.9. The first-order valence-corrected chi connectivity index (χ1v) is 10.9. The van der Waals surface area contributed by atoms with Crippen LogP contribution in [0.2, 0.25) is 0 Å². The Hall–Kier alpha value is -4.05. The van der Waals surface area contributed by atoms with Crippen LogP contribution in [0, 0.1) is 12.8 Å². The second kappa shape index (κ2) is 9.21. The summed E-state index contributed by atoms with van der Waals surface area (Å²) in [5.41, 5.74) is 4.24. The minimum absolute atomic E-state index is 0.0815. The predicted octanol–water partition coefficient (Wildman–Crippen LogP) is 7.44. The van der Waals surface area contributed by atoms with Crippen molar-refractivity contribution in [1.29, 1.82) is 0 Å². The first kappa shape index (κ1) is 22.2. The topological polar surface area (TPSA) is 66.8 Å². The summed E-state index contributed by atoms with van der Waals surface area (Å²) in [5, 5.41) is 21.2. The molecule has 0 unspecified atom stereocenters. The molecule has 4 rings (SSSR count). The SMILES string of the molecule is Cc1cc2cc(O)ccc2c(Oc2ccc(C=C(C(=O)O)C(C)C)cc2)c1-c1ccccc1. The number of carbonyl (C=O) groups is 1. The summed E-state index contributed by atoms with van der Waals surface area (Å²) in [6.07, 6.45) is 1.69. The number of carboxylic acids is 1. The van der Waals surface area contributed by atoms with Crippen molar-refractivity contribution < 1.29 is 19.7 Å². The van der Waals surface area contributed by atoms with Crippen LogP contribution >= 0.6 is 0 Å². The van der Waals surface area contributed by atoms with Gasteiger partial charge in [-0.1, -0.05) is 62.4 Å². The van der Waals surface area contributed by atoms with Gasteiger partial charge in [0, 0.05) is 16.5 Å². The van der Waals surface area contributed by atoms with E-state index in [0.717, 1.165) is 33.0 Å². The molecule has 0 bridgehead atoms. The van der Waals surface area contributed by atoms with Crippen LogP contribution < -0.4 is 4.74 Å². The summed E-state index contributed by atoms with van der Waals surface area (Å²) in [7, 11) is 0. The Bertz CT molecular complexity index is 1330. The molecule has 0 aromatic heterocycles. The molecule has 0 heterocycles. The molecule has 0 amide bonds. The number of carboxylic acid groups (broad SMARTS) is 1.